The van der Waals surface area contributed by atoms with Crippen molar-refractivity contribution < 1.29 is 4.57 Å². The van der Waals surface area contributed by atoms with Crippen LogP contribution in [0.1, 0.15) is 24.5 Å². The van der Waals surface area contributed by atoms with Crippen LogP contribution in [0.3, 0.4) is 0 Å². The summed E-state index contributed by atoms with van der Waals surface area (Å²) in [5.74, 6) is 0.441. The molecule has 3 aromatic heterocycles. The fourth-order valence-corrected chi connectivity index (χ4v) is 2.92. The SMILES string of the molecule is CCC[n+]1c(N)c(C(N)=S)cc2c(=O)n3cccc(C)c3nc21. The zero-order chi connectivity index (χ0) is 16.7. The van der Waals surface area contributed by atoms with Gasteiger partial charge in [-0.2, -0.15) is 0 Å². The zero-order valence-electron chi connectivity index (χ0n) is 13.0. The van der Waals surface area contributed by atoms with E-state index in [4.69, 9.17) is 23.7 Å². The van der Waals surface area contributed by atoms with Crippen molar-refractivity contribution in [1.82, 2.24) is 9.38 Å². The van der Waals surface area contributed by atoms with Crippen molar-refractivity contribution in [1.29, 1.82) is 0 Å². The predicted octanol–water partition coefficient (Wildman–Crippen LogP) is 1.07. The van der Waals surface area contributed by atoms with Crippen LogP contribution in [0.2, 0.25) is 0 Å². The Morgan fingerprint density at radius 1 is 1.48 bits per heavy atom. The van der Waals surface area contributed by atoms with E-state index in [1.807, 2.05) is 30.5 Å². The minimum atomic E-state index is -0.156. The summed E-state index contributed by atoms with van der Waals surface area (Å²) in [5, 5.41) is 0.457. The van der Waals surface area contributed by atoms with E-state index in [1.165, 1.54) is 4.40 Å². The van der Waals surface area contributed by atoms with Crippen molar-refractivity contribution in [3.05, 3.63) is 45.9 Å². The topological polar surface area (TPSA) is 90.3 Å². The molecule has 3 rings (SSSR count). The molecule has 0 aliphatic carbocycles. The van der Waals surface area contributed by atoms with E-state index in [0.717, 1.165) is 12.0 Å². The van der Waals surface area contributed by atoms with E-state index >= 15 is 0 Å². The Morgan fingerprint density at radius 3 is 2.87 bits per heavy atom. The maximum atomic E-state index is 12.9. The highest BCUT2D eigenvalue weighted by atomic mass is 32.1. The first-order valence-corrected chi connectivity index (χ1v) is 7.80. The quantitative estimate of drug-likeness (QED) is 0.426. The zero-order valence-corrected chi connectivity index (χ0v) is 13.9. The van der Waals surface area contributed by atoms with Gasteiger partial charge in [-0.15, -0.1) is 0 Å². The number of nitrogen functional groups attached to an aromatic ring is 1. The predicted molar refractivity (Wildman–Crippen MR) is 94.5 cm³/mol. The number of nitrogens with zero attached hydrogens (tertiary/aromatic N) is 3. The van der Waals surface area contributed by atoms with Crippen molar-refractivity contribution in [2.75, 3.05) is 5.73 Å². The second-order valence-electron chi connectivity index (χ2n) is 5.50. The van der Waals surface area contributed by atoms with Gasteiger partial charge in [0.05, 0.1) is 12.1 Å². The van der Waals surface area contributed by atoms with E-state index in [9.17, 15) is 4.79 Å². The molecule has 0 saturated heterocycles. The molecule has 0 radical (unpaired) electrons. The third-order valence-corrected chi connectivity index (χ3v) is 4.11. The lowest BCUT2D eigenvalue weighted by atomic mass is 10.2. The summed E-state index contributed by atoms with van der Waals surface area (Å²) in [4.78, 5) is 17.7. The van der Waals surface area contributed by atoms with E-state index in [1.54, 1.807) is 12.3 Å². The van der Waals surface area contributed by atoms with Gasteiger partial charge in [-0.1, -0.05) is 30.2 Å². The molecule has 3 aromatic rings. The van der Waals surface area contributed by atoms with Crippen LogP contribution in [0, 0.1) is 6.92 Å². The Labute approximate surface area is 138 Å². The maximum Gasteiger partial charge on any atom is 0.278 e. The summed E-state index contributed by atoms with van der Waals surface area (Å²) in [6.07, 6.45) is 2.55. The molecule has 0 aliphatic heterocycles. The number of aromatic nitrogens is 3. The molecule has 23 heavy (non-hydrogen) atoms. The smallest absolute Gasteiger partial charge is 0.278 e. The Morgan fingerprint density at radius 2 is 2.22 bits per heavy atom. The van der Waals surface area contributed by atoms with Crippen molar-refractivity contribution in [2.24, 2.45) is 5.73 Å². The number of nitrogens with two attached hydrogens (primary N) is 2. The molecule has 0 aliphatic rings. The second-order valence-corrected chi connectivity index (χ2v) is 5.94. The van der Waals surface area contributed by atoms with E-state index in [-0.39, 0.29) is 10.5 Å². The third kappa shape index (κ3) is 2.33. The average Bonchev–Trinajstić information content (AvgIpc) is 2.51. The Kier molecular flexibility index (Phi) is 3.73. The Bertz CT molecular complexity index is 1010. The first kappa shape index (κ1) is 15.4. The Balaban J connectivity index is 2.57. The molecule has 0 fully saturated rings. The van der Waals surface area contributed by atoms with E-state index < -0.39 is 0 Å². The maximum absolute atomic E-state index is 12.9. The molecule has 7 heteroatoms. The highest BCUT2D eigenvalue weighted by molar-refractivity contribution is 7.80. The van der Waals surface area contributed by atoms with Gasteiger partial charge in [0.1, 0.15) is 10.4 Å². The highest BCUT2D eigenvalue weighted by Crippen LogP contribution is 2.15. The molecule has 0 amide bonds. The lowest BCUT2D eigenvalue weighted by Crippen LogP contribution is -2.42. The molecule has 4 N–H and O–H groups in total. The summed E-state index contributed by atoms with van der Waals surface area (Å²) in [7, 11) is 0. The molecule has 0 spiro atoms. The van der Waals surface area contributed by atoms with Gasteiger partial charge in [0.2, 0.25) is 11.5 Å². The van der Waals surface area contributed by atoms with Crippen LogP contribution in [-0.2, 0) is 6.54 Å². The molecule has 0 bridgehead atoms. The second kappa shape index (κ2) is 5.58. The molecule has 3 heterocycles. The number of rotatable bonds is 3. The number of pyridine rings is 2. The monoisotopic (exact) mass is 328 g/mol. The third-order valence-electron chi connectivity index (χ3n) is 3.89. The van der Waals surface area contributed by atoms with Gasteiger partial charge in [-0.3, -0.25) is 9.20 Å². The number of hydrogen-bond donors (Lipinski definition) is 2. The molecule has 6 nitrogen and oxygen atoms in total. The van der Waals surface area contributed by atoms with Gasteiger partial charge in [-0.25, -0.2) is 4.57 Å². The normalized spacial score (nSPS) is 11.2. The van der Waals surface area contributed by atoms with Gasteiger partial charge >= 0.3 is 0 Å². The molecule has 0 aromatic carbocycles. The van der Waals surface area contributed by atoms with Crippen LogP contribution in [-0.4, -0.2) is 14.4 Å². The molecular formula is C16H18N5OS+. The van der Waals surface area contributed by atoms with Crippen LogP contribution in [0.15, 0.2) is 29.2 Å². The summed E-state index contributed by atoms with van der Waals surface area (Å²) in [5.41, 5.74) is 14.4. The molecule has 118 valence electrons. The summed E-state index contributed by atoms with van der Waals surface area (Å²) in [6, 6.07) is 5.39. The Hall–Kier alpha value is -2.54. The summed E-state index contributed by atoms with van der Waals surface area (Å²) < 4.78 is 3.35. The van der Waals surface area contributed by atoms with Gasteiger partial charge in [0.15, 0.2) is 0 Å². The first-order chi connectivity index (χ1) is 11.0. The highest BCUT2D eigenvalue weighted by Gasteiger charge is 2.21. The fourth-order valence-electron chi connectivity index (χ4n) is 2.76. The van der Waals surface area contributed by atoms with Crippen LogP contribution < -0.4 is 21.6 Å². The lowest BCUT2D eigenvalue weighted by molar-refractivity contribution is -0.658. The summed E-state index contributed by atoms with van der Waals surface area (Å²) in [6.45, 7) is 4.59. The van der Waals surface area contributed by atoms with Crippen molar-refractivity contribution in [3.63, 3.8) is 0 Å². The van der Waals surface area contributed by atoms with Crippen LogP contribution in [0.5, 0.6) is 0 Å². The molecule has 0 saturated carbocycles. The van der Waals surface area contributed by atoms with Gasteiger partial charge in [0, 0.05) is 11.8 Å². The summed E-state index contributed by atoms with van der Waals surface area (Å²) >= 11 is 5.07. The van der Waals surface area contributed by atoms with E-state index in [0.29, 0.717) is 34.6 Å². The number of thiocarbonyl (C=S) groups is 1. The molecular weight excluding hydrogens is 310 g/mol. The minimum Gasteiger partial charge on any atom is -0.389 e. The van der Waals surface area contributed by atoms with Crippen molar-refractivity contribution in [3.8, 4) is 0 Å². The first-order valence-electron chi connectivity index (χ1n) is 7.39. The minimum absolute atomic E-state index is 0.156. The number of fused-ring (bicyclic) bond motifs is 2. The van der Waals surface area contributed by atoms with Crippen LogP contribution in [0.4, 0.5) is 5.82 Å². The number of hydrogen-bond acceptors (Lipinski definition) is 4. The van der Waals surface area contributed by atoms with Crippen LogP contribution in [0.25, 0.3) is 16.7 Å². The fraction of sp³-hybridized carbons (Fsp3) is 0.250. The standard InChI is InChI=1S/C16H17N5OS/c1-3-6-20-12(17)10(13(18)23)8-11-15(20)19-14-9(2)5-4-7-21(14)16(11)22/h4-5,7-8,17H,3,6H2,1-2H3,(H2,18,23)/p+1. The van der Waals surface area contributed by atoms with Gasteiger partial charge < -0.3 is 11.5 Å². The van der Waals surface area contributed by atoms with Crippen molar-refractivity contribution >= 4 is 39.7 Å². The van der Waals surface area contributed by atoms with Gasteiger partial charge in [0.25, 0.3) is 11.2 Å². The largest absolute Gasteiger partial charge is 0.389 e. The van der Waals surface area contributed by atoms with Gasteiger partial charge in [-0.05, 0) is 25.5 Å². The van der Waals surface area contributed by atoms with E-state index in [2.05, 4.69) is 4.98 Å². The van der Waals surface area contributed by atoms with Crippen LogP contribution >= 0.6 is 12.2 Å². The molecule has 0 atom stereocenters. The lowest BCUT2D eigenvalue weighted by Gasteiger charge is -2.11. The number of aryl methyl sites for hydroxylation is 2. The van der Waals surface area contributed by atoms with Crippen molar-refractivity contribution in [2.45, 2.75) is 26.8 Å². The number of anilines is 1. The average molecular weight is 328 g/mol. The molecule has 0 unspecified atom stereocenters.